The molecule has 1 saturated carbocycles. The third-order valence-corrected chi connectivity index (χ3v) is 6.26. The zero-order chi connectivity index (χ0) is 12.7. The first-order valence-corrected chi connectivity index (χ1v) is 7.26. The van der Waals surface area contributed by atoms with Gasteiger partial charge >= 0.3 is 0 Å². The Labute approximate surface area is 106 Å². The Bertz CT molecular complexity index is 591. The zero-order valence-corrected chi connectivity index (χ0v) is 10.9. The minimum atomic E-state index is -3.66. The highest BCUT2D eigenvalue weighted by atomic mass is 35.5. The molecular weight excluding hydrogens is 258 g/mol. The summed E-state index contributed by atoms with van der Waals surface area (Å²) in [6.07, 6.45) is 1.10. The molecule has 5 heteroatoms. The largest absolute Gasteiger partial charge is 0.222 e. The Morgan fingerprint density at radius 1 is 1.53 bits per heavy atom. The van der Waals surface area contributed by atoms with Crippen molar-refractivity contribution in [2.24, 2.45) is 5.92 Å². The first kappa shape index (κ1) is 12.4. The fourth-order valence-corrected chi connectivity index (χ4v) is 4.73. The van der Waals surface area contributed by atoms with E-state index in [-0.39, 0.29) is 15.8 Å². The molecule has 2 rings (SSSR count). The van der Waals surface area contributed by atoms with E-state index < -0.39 is 14.6 Å². The standard InChI is InChI=1S/C12H12ClNO2S/c1-2-9-7-12(9,8-14)17(15,16)11-6-4-3-5-10(11)13/h3-6,9H,2,7H2,1H3. The van der Waals surface area contributed by atoms with Gasteiger partial charge in [0.2, 0.25) is 0 Å². The number of hydrogen-bond donors (Lipinski definition) is 0. The van der Waals surface area contributed by atoms with Gasteiger partial charge in [-0.05, 0) is 24.5 Å². The van der Waals surface area contributed by atoms with Crippen molar-refractivity contribution in [1.29, 1.82) is 5.26 Å². The van der Waals surface area contributed by atoms with E-state index in [2.05, 4.69) is 0 Å². The van der Waals surface area contributed by atoms with E-state index in [1.165, 1.54) is 12.1 Å². The van der Waals surface area contributed by atoms with Crippen molar-refractivity contribution in [2.45, 2.75) is 29.4 Å². The average molecular weight is 270 g/mol. The molecule has 0 N–H and O–H groups in total. The summed E-state index contributed by atoms with van der Waals surface area (Å²) >= 11 is 5.90. The zero-order valence-electron chi connectivity index (χ0n) is 9.35. The van der Waals surface area contributed by atoms with Crippen LogP contribution >= 0.6 is 11.6 Å². The fraction of sp³-hybridized carbons (Fsp3) is 0.417. The molecule has 17 heavy (non-hydrogen) atoms. The van der Waals surface area contributed by atoms with Gasteiger partial charge in [0.05, 0.1) is 16.0 Å². The fourth-order valence-electron chi connectivity index (χ4n) is 2.17. The second kappa shape index (κ2) is 4.01. The van der Waals surface area contributed by atoms with Gasteiger partial charge in [-0.1, -0.05) is 37.1 Å². The second-order valence-corrected chi connectivity index (χ2v) is 6.83. The number of benzene rings is 1. The number of nitrogens with zero attached hydrogens (tertiary/aromatic N) is 1. The van der Waals surface area contributed by atoms with Crippen molar-refractivity contribution in [3.8, 4) is 6.07 Å². The van der Waals surface area contributed by atoms with Crippen LogP contribution in [0.25, 0.3) is 0 Å². The average Bonchev–Trinajstić information content (AvgIpc) is 3.05. The molecule has 0 spiro atoms. The van der Waals surface area contributed by atoms with Gasteiger partial charge < -0.3 is 0 Å². The Morgan fingerprint density at radius 2 is 2.18 bits per heavy atom. The van der Waals surface area contributed by atoms with Crippen molar-refractivity contribution in [3.63, 3.8) is 0 Å². The van der Waals surface area contributed by atoms with Crippen molar-refractivity contribution < 1.29 is 8.42 Å². The number of nitriles is 1. The topological polar surface area (TPSA) is 57.9 Å². The summed E-state index contributed by atoms with van der Waals surface area (Å²) in [7, 11) is -3.66. The molecule has 1 aliphatic rings. The molecular formula is C12H12ClNO2S. The van der Waals surface area contributed by atoms with Gasteiger partial charge in [0.1, 0.15) is 0 Å². The summed E-state index contributed by atoms with van der Waals surface area (Å²) in [6, 6.07) is 8.25. The minimum Gasteiger partial charge on any atom is -0.222 e. The summed E-state index contributed by atoms with van der Waals surface area (Å²) < 4.78 is 23.6. The van der Waals surface area contributed by atoms with Crippen LogP contribution in [0.4, 0.5) is 0 Å². The van der Waals surface area contributed by atoms with Crippen LogP contribution in [-0.4, -0.2) is 13.2 Å². The maximum Gasteiger partial charge on any atom is 0.199 e. The third-order valence-electron chi connectivity index (χ3n) is 3.34. The van der Waals surface area contributed by atoms with E-state index in [4.69, 9.17) is 11.6 Å². The summed E-state index contributed by atoms with van der Waals surface area (Å²) in [4.78, 5) is 0.0687. The molecule has 1 fully saturated rings. The molecule has 3 nitrogen and oxygen atoms in total. The van der Waals surface area contributed by atoms with Crippen LogP contribution in [0, 0.1) is 17.2 Å². The molecule has 1 aromatic rings. The number of hydrogen-bond acceptors (Lipinski definition) is 3. The van der Waals surface area contributed by atoms with Gasteiger partial charge in [-0.15, -0.1) is 0 Å². The van der Waals surface area contributed by atoms with Crippen molar-refractivity contribution in [1.82, 2.24) is 0 Å². The van der Waals surface area contributed by atoms with Crippen molar-refractivity contribution >= 4 is 21.4 Å². The van der Waals surface area contributed by atoms with Crippen molar-refractivity contribution in [2.75, 3.05) is 0 Å². The lowest BCUT2D eigenvalue weighted by Gasteiger charge is -2.11. The van der Waals surface area contributed by atoms with Crippen LogP contribution in [0.15, 0.2) is 29.2 Å². The van der Waals surface area contributed by atoms with E-state index in [0.717, 1.165) is 0 Å². The number of halogens is 1. The number of rotatable bonds is 3. The lowest BCUT2D eigenvalue weighted by molar-refractivity contribution is 0.581. The van der Waals surface area contributed by atoms with Gasteiger partial charge in [-0.3, -0.25) is 0 Å². The molecule has 1 aromatic carbocycles. The quantitative estimate of drug-likeness (QED) is 0.848. The summed E-state index contributed by atoms with van der Waals surface area (Å²) in [5, 5.41) is 9.36. The van der Waals surface area contributed by atoms with E-state index in [0.29, 0.717) is 12.8 Å². The van der Waals surface area contributed by atoms with Gasteiger partial charge in [-0.2, -0.15) is 5.26 Å². The Morgan fingerprint density at radius 3 is 2.65 bits per heavy atom. The van der Waals surface area contributed by atoms with Crippen LogP contribution < -0.4 is 0 Å². The molecule has 0 aliphatic heterocycles. The van der Waals surface area contributed by atoms with Gasteiger partial charge in [-0.25, -0.2) is 8.42 Å². The molecule has 2 atom stereocenters. The van der Waals surface area contributed by atoms with E-state index in [1.54, 1.807) is 12.1 Å². The monoisotopic (exact) mass is 269 g/mol. The molecule has 0 bridgehead atoms. The lowest BCUT2D eigenvalue weighted by atomic mass is 10.3. The molecule has 0 saturated heterocycles. The highest BCUT2D eigenvalue weighted by Gasteiger charge is 2.64. The highest BCUT2D eigenvalue weighted by molar-refractivity contribution is 7.93. The van der Waals surface area contributed by atoms with Gasteiger partial charge in [0, 0.05) is 0 Å². The lowest BCUT2D eigenvalue weighted by Crippen LogP contribution is -2.24. The molecule has 2 unspecified atom stereocenters. The SMILES string of the molecule is CCC1CC1(C#N)S(=O)(=O)c1ccccc1Cl. The smallest absolute Gasteiger partial charge is 0.199 e. The molecule has 0 amide bonds. The van der Waals surface area contributed by atoms with Crippen LogP contribution in [0.5, 0.6) is 0 Å². The normalized spacial score (nSPS) is 27.5. The number of sulfone groups is 1. The van der Waals surface area contributed by atoms with E-state index in [9.17, 15) is 13.7 Å². The van der Waals surface area contributed by atoms with Crippen LogP contribution in [0.2, 0.25) is 5.02 Å². The highest BCUT2D eigenvalue weighted by Crippen LogP contribution is 2.54. The van der Waals surface area contributed by atoms with Crippen LogP contribution in [0.3, 0.4) is 0 Å². The van der Waals surface area contributed by atoms with Gasteiger partial charge in [0.15, 0.2) is 14.6 Å². The predicted octanol–water partition coefficient (Wildman–Crippen LogP) is 2.81. The van der Waals surface area contributed by atoms with E-state index in [1.807, 2.05) is 13.0 Å². The maximum atomic E-state index is 12.4. The Balaban J connectivity index is 2.54. The first-order chi connectivity index (χ1) is 7.99. The molecule has 1 aliphatic carbocycles. The van der Waals surface area contributed by atoms with Crippen molar-refractivity contribution in [3.05, 3.63) is 29.3 Å². The summed E-state index contributed by atoms with van der Waals surface area (Å²) in [5.74, 6) is -0.0752. The molecule has 90 valence electrons. The van der Waals surface area contributed by atoms with Gasteiger partial charge in [0.25, 0.3) is 0 Å². The van der Waals surface area contributed by atoms with E-state index >= 15 is 0 Å². The predicted molar refractivity (Wildman–Crippen MR) is 65.4 cm³/mol. The first-order valence-electron chi connectivity index (χ1n) is 5.40. The second-order valence-electron chi connectivity index (χ2n) is 4.24. The molecule has 0 radical (unpaired) electrons. The Kier molecular flexibility index (Phi) is 2.92. The molecule has 0 heterocycles. The van der Waals surface area contributed by atoms with Crippen LogP contribution in [0.1, 0.15) is 19.8 Å². The summed E-state index contributed by atoms with van der Waals surface area (Å²) in [6.45, 7) is 1.89. The van der Waals surface area contributed by atoms with Crippen LogP contribution in [-0.2, 0) is 9.84 Å². The minimum absolute atomic E-state index is 0.0687. The molecule has 0 aromatic heterocycles. The third kappa shape index (κ3) is 1.65. The summed E-state index contributed by atoms with van der Waals surface area (Å²) in [5.41, 5.74) is 0. The maximum absolute atomic E-state index is 12.4. The Hall–Kier alpha value is -1.05.